The SMILES string of the molecule is CC(C)OC(=O)N1CCC(Oc2nccc(N3CCc4cc(S(C)(=O)=O)ccc43)n2)CC1. The van der Waals surface area contributed by atoms with Crippen molar-refractivity contribution >= 4 is 27.4 Å². The molecule has 4 rings (SSSR count). The summed E-state index contributed by atoms with van der Waals surface area (Å²) in [7, 11) is -3.24. The Labute approximate surface area is 188 Å². The molecule has 32 heavy (non-hydrogen) atoms. The second-order valence-corrected chi connectivity index (χ2v) is 10.4. The fourth-order valence-electron chi connectivity index (χ4n) is 3.97. The summed E-state index contributed by atoms with van der Waals surface area (Å²) in [6.45, 7) is 5.51. The molecule has 0 unspecified atom stereocenters. The summed E-state index contributed by atoms with van der Waals surface area (Å²) in [5.41, 5.74) is 1.92. The number of hydrogen-bond donors (Lipinski definition) is 0. The molecule has 0 atom stereocenters. The summed E-state index contributed by atoms with van der Waals surface area (Å²) in [5, 5.41) is 0. The molecular formula is C22H28N4O5S. The zero-order chi connectivity index (χ0) is 22.9. The van der Waals surface area contributed by atoms with Gasteiger partial charge in [0.25, 0.3) is 0 Å². The summed E-state index contributed by atoms with van der Waals surface area (Å²) in [6.07, 6.45) is 4.48. The number of piperidine rings is 1. The number of hydrogen-bond acceptors (Lipinski definition) is 8. The molecule has 0 N–H and O–H groups in total. The maximum Gasteiger partial charge on any atom is 0.410 e. The maximum atomic E-state index is 12.0. The van der Waals surface area contributed by atoms with Crippen LogP contribution in [0.25, 0.3) is 0 Å². The van der Waals surface area contributed by atoms with Crippen LogP contribution in [0.2, 0.25) is 0 Å². The van der Waals surface area contributed by atoms with Crippen LogP contribution in [-0.2, 0) is 21.0 Å². The van der Waals surface area contributed by atoms with Gasteiger partial charge in [0.15, 0.2) is 9.84 Å². The lowest BCUT2D eigenvalue weighted by molar-refractivity contribution is 0.0496. The van der Waals surface area contributed by atoms with Gasteiger partial charge in [0.2, 0.25) is 0 Å². The normalized spacial score (nSPS) is 16.9. The Hall–Kier alpha value is -2.88. The molecule has 1 saturated heterocycles. The van der Waals surface area contributed by atoms with Crippen molar-refractivity contribution in [2.45, 2.75) is 50.2 Å². The Kier molecular flexibility index (Phi) is 6.23. The number of anilines is 2. The van der Waals surface area contributed by atoms with Crippen molar-refractivity contribution in [3.63, 3.8) is 0 Å². The van der Waals surface area contributed by atoms with Gasteiger partial charge in [-0.15, -0.1) is 0 Å². The van der Waals surface area contributed by atoms with E-state index >= 15 is 0 Å². The third-order valence-corrected chi connectivity index (χ3v) is 6.69. The molecule has 9 nitrogen and oxygen atoms in total. The molecule has 2 aliphatic heterocycles. The molecule has 1 aromatic carbocycles. The lowest BCUT2D eigenvalue weighted by Crippen LogP contribution is -2.42. The molecule has 1 amide bonds. The van der Waals surface area contributed by atoms with Gasteiger partial charge in [0.1, 0.15) is 11.9 Å². The molecule has 172 valence electrons. The predicted molar refractivity (Wildman–Crippen MR) is 119 cm³/mol. The number of likely N-dealkylation sites (tertiary alicyclic amines) is 1. The minimum Gasteiger partial charge on any atom is -0.460 e. The van der Waals surface area contributed by atoms with Crippen LogP contribution < -0.4 is 9.64 Å². The van der Waals surface area contributed by atoms with Crippen LogP contribution in [0.4, 0.5) is 16.3 Å². The Morgan fingerprint density at radius 3 is 2.59 bits per heavy atom. The highest BCUT2D eigenvalue weighted by atomic mass is 32.2. The number of benzene rings is 1. The lowest BCUT2D eigenvalue weighted by atomic mass is 10.1. The summed E-state index contributed by atoms with van der Waals surface area (Å²) >= 11 is 0. The van der Waals surface area contributed by atoms with Gasteiger partial charge >= 0.3 is 12.1 Å². The number of amides is 1. The smallest absolute Gasteiger partial charge is 0.410 e. The van der Waals surface area contributed by atoms with Crippen LogP contribution >= 0.6 is 0 Å². The van der Waals surface area contributed by atoms with E-state index in [2.05, 4.69) is 9.97 Å². The van der Waals surface area contributed by atoms with E-state index in [-0.39, 0.29) is 18.3 Å². The Morgan fingerprint density at radius 1 is 1.16 bits per heavy atom. The molecule has 0 aliphatic carbocycles. The average molecular weight is 461 g/mol. The summed E-state index contributed by atoms with van der Waals surface area (Å²) < 4.78 is 34.9. The van der Waals surface area contributed by atoms with Gasteiger partial charge in [0, 0.05) is 50.6 Å². The zero-order valence-corrected chi connectivity index (χ0v) is 19.3. The molecule has 2 aromatic rings. The van der Waals surface area contributed by atoms with Crippen LogP contribution in [0.3, 0.4) is 0 Å². The second kappa shape index (κ2) is 8.93. The maximum absolute atomic E-state index is 12.0. The van der Waals surface area contributed by atoms with Crippen molar-refractivity contribution < 1.29 is 22.7 Å². The minimum atomic E-state index is -3.24. The van der Waals surface area contributed by atoms with Crippen LogP contribution in [0.1, 0.15) is 32.3 Å². The molecule has 10 heteroatoms. The van der Waals surface area contributed by atoms with Gasteiger partial charge in [-0.25, -0.2) is 18.2 Å². The minimum absolute atomic E-state index is 0.0727. The monoisotopic (exact) mass is 460 g/mol. The number of aromatic nitrogens is 2. The van der Waals surface area contributed by atoms with Gasteiger partial charge in [-0.05, 0) is 50.1 Å². The first-order valence-corrected chi connectivity index (χ1v) is 12.7. The summed E-state index contributed by atoms with van der Waals surface area (Å²) in [6, 6.07) is 7.31. The van der Waals surface area contributed by atoms with Crippen molar-refractivity contribution in [3.8, 4) is 6.01 Å². The predicted octanol–water partition coefficient (Wildman–Crippen LogP) is 2.96. The molecule has 0 radical (unpaired) electrons. The van der Waals surface area contributed by atoms with Crippen molar-refractivity contribution in [3.05, 3.63) is 36.0 Å². The van der Waals surface area contributed by atoms with Crippen molar-refractivity contribution in [2.24, 2.45) is 0 Å². The first-order chi connectivity index (χ1) is 15.2. The first kappa shape index (κ1) is 22.3. The number of ether oxygens (including phenoxy) is 2. The second-order valence-electron chi connectivity index (χ2n) is 8.40. The number of carbonyl (C=O) groups is 1. The first-order valence-electron chi connectivity index (χ1n) is 10.8. The van der Waals surface area contributed by atoms with E-state index in [9.17, 15) is 13.2 Å². The highest BCUT2D eigenvalue weighted by Gasteiger charge is 2.27. The zero-order valence-electron chi connectivity index (χ0n) is 18.5. The van der Waals surface area contributed by atoms with E-state index in [1.807, 2.05) is 30.9 Å². The van der Waals surface area contributed by atoms with Gasteiger partial charge in [-0.3, -0.25) is 0 Å². The molecule has 2 aliphatic rings. The topological polar surface area (TPSA) is 102 Å². The van der Waals surface area contributed by atoms with Gasteiger partial charge in [0.05, 0.1) is 11.0 Å². The van der Waals surface area contributed by atoms with Crippen molar-refractivity contribution in [1.29, 1.82) is 0 Å². The van der Waals surface area contributed by atoms with E-state index in [1.54, 1.807) is 23.2 Å². The third-order valence-electron chi connectivity index (χ3n) is 5.58. The van der Waals surface area contributed by atoms with Gasteiger partial charge in [-0.1, -0.05) is 0 Å². The molecule has 0 saturated carbocycles. The van der Waals surface area contributed by atoms with Crippen molar-refractivity contribution in [2.75, 3.05) is 30.8 Å². The largest absolute Gasteiger partial charge is 0.460 e. The van der Waals surface area contributed by atoms with Crippen LogP contribution in [0.5, 0.6) is 6.01 Å². The van der Waals surface area contributed by atoms with Crippen LogP contribution in [0.15, 0.2) is 35.4 Å². The van der Waals surface area contributed by atoms with E-state index < -0.39 is 9.84 Å². The molecule has 3 heterocycles. The molecule has 0 spiro atoms. The Morgan fingerprint density at radius 2 is 1.91 bits per heavy atom. The number of rotatable bonds is 5. The Bertz CT molecular complexity index is 1100. The van der Waals surface area contributed by atoms with Crippen LogP contribution in [-0.4, -0.2) is 67.5 Å². The quantitative estimate of drug-likeness (QED) is 0.671. The third kappa shape index (κ3) is 4.95. The van der Waals surface area contributed by atoms with Gasteiger partial charge in [-0.2, -0.15) is 4.98 Å². The van der Waals surface area contributed by atoms with Crippen molar-refractivity contribution in [1.82, 2.24) is 14.9 Å². The molecule has 0 bridgehead atoms. The van der Waals surface area contributed by atoms with Crippen LogP contribution in [0, 0.1) is 0 Å². The highest BCUT2D eigenvalue weighted by Crippen LogP contribution is 2.35. The summed E-state index contributed by atoms with van der Waals surface area (Å²) in [5.74, 6) is 0.707. The lowest BCUT2D eigenvalue weighted by Gasteiger charge is -2.31. The highest BCUT2D eigenvalue weighted by molar-refractivity contribution is 7.90. The van der Waals surface area contributed by atoms with Gasteiger partial charge < -0.3 is 19.3 Å². The molecular weight excluding hydrogens is 432 g/mol. The van der Waals surface area contributed by atoms with E-state index in [4.69, 9.17) is 9.47 Å². The number of fused-ring (bicyclic) bond motifs is 1. The molecule has 1 aromatic heterocycles. The number of sulfone groups is 1. The average Bonchev–Trinajstić information content (AvgIpc) is 3.17. The van der Waals surface area contributed by atoms with E-state index in [0.717, 1.165) is 17.7 Å². The standard InChI is InChI=1S/C22H28N4O5S/c1-15(2)30-22(27)25-11-8-17(9-12-25)31-21-23-10-6-20(24-21)26-13-7-16-14-18(32(3,28)29)4-5-19(16)26/h4-6,10,14-15,17H,7-9,11-13H2,1-3H3. The fourth-order valence-corrected chi connectivity index (χ4v) is 4.64. The fraction of sp³-hybridized carbons (Fsp3) is 0.500. The van der Waals surface area contributed by atoms with E-state index in [1.165, 1.54) is 6.26 Å². The number of carbonyl (C=O) groups excluding carboxylic acids is 1. The molecule has 1 fully saturated rings. The number of nitrogens with zero attached hydrogens (tertiary/aromatic N) is 4. The summed E-state index contributed by atoms with van der Waals surface area (Å²) in [4.78, 5) is 24.9. The van der Waals surface area contributed by atoms with E-state index in [0.29, 0.717) is 49.2 Å². The Balaban J connectivity index is 1.41.